The molecule has 0 aliphatic carbocycles. The van der Waals surface area contributed by atoms with E-state index in [-0.39, 0.29) is 17.4 Å². The Bertz CT molecular complexity index is 1340. The number of hydrogen-bond donors (Lipinski definition) is 1. The Kier molecular flexibility index (Phi) is 7.88. The van der Waals surface area contributed by atoms with Gasteiger partial charge in [0.1, 0.15) is 5.69 Å². The second-order valence-electron chi connectivity index (χ2n) is 7.72. The predicted octanol–water partition coefficient (Wildman–Crippen LogP) is 5.69. The van der Waals surface area contributed by atoms with Crippen molar-refractivity contribution < 1.29 is 53.1 Å². The van der Waals surface area contributed by atoms with Crippen molar-refractivity contribution in [2.75, 3.05) is 16.2 Å². The Morgan fingerprint density at radius 3 is 2.39 bits per heavy atom. The molecule has 1 aliphatic rings. The van der Waals surface area contributed by atoms with Crippen LogP contribution in [0, 0.1) is 0 Å². The van der Waals surface area contributed by atoms with Crippen LogP contribution in [0.15, 0.2) is 22.4 Å². The van der Waals surface area contributed by atoms with Crippen molar-refractivity contribution in [3.8, 4) is 0 Å². The first-order valence-corrected chi connectivity index (χ1v) is 12.6. The van der Waals surface area contributed by atoms with Crippen LogP contribution in [0.2, 0.25) is 0 Å². The number of nitrogens with one attached hydrogen (secondary N) is 1. The van der Waals surface area contributed by atoms with Crippen LogP contribution in [0.1, 0.15) is 35.6 Å². The maximum absolute atomic E-state index is 13.0. The molecule has 1 atom stereocenters. The summed E-state index contributed by atoms with van der Waals surface area (Å²) in [6, 6.07) is 2.42. The fourth-order valence-electron chi connectivity index (χ4n) is 3.35. The van der Waals surface area contributed by atoms with Gasteiger partial charge in [-0.1, -0.05) is 11.3 Å². The molecule has 10 nitrogen and oxygen atoms in total. The summed E-state index contributed by atoms with van der Waals surface area (Å²) in [4.78, 5) is 13.4. The lowest BCUT2D eigenvalue weighted by Crippen LogP contribution is -2.40. The topological polar surface area (TPSA) is 126 Å². The average Bonchev–Trinajstić information content (AvgIpc) is 3.25. The monoisotopic (exact) mass is 596 g/mol. The van der Waals surface area contributed by atoms with Crippen molar-refractivity contribution in [3.63, 3.8) is 0 Å². The number of ether oxygens (including phenoxy) is 1. The van der Waals surface area contributed by atoms with E-state index in [2.05, 4.69) is 25.2 Å². The molecule has 0 fully saturated rings. The Morgan fingerprint density at radius 1 is 1.16 bits per heavy atom. The fourth-order valence-corrected chi connectivity index (χ4v) is 4.46. The van der Waals surface area contributed by atoms with Crippen molar-refractivity contribution >= 4 is 49.5 Å². The normalized spacial score (nSPS) is 17.0. The van der Waals surface area contributed by atoms with E-state index in [1.165, 1.54) is 10.8 Å². The van der Waals surface area contributed by atoms with Crippen LogP contribution in [-0.2, 0) is 21.2 Å². The molecule has 0 radical (unpaired) electrons. The predicted molar refractivity (Wildman–Crippen MR) is 116 cm³/mol. The van der Waals surface area contributed by atoms with Gasteiger partial charge >= 0.3 is 33.8 Å². The van der Waals surface area contributed by atoms with Crippen LogP contribution in [0.3, 0.4) is 0 Å². The summed E-state index contributed by atoms with van der Waals surface area (Å²) < 4.78 is 130. The Morgan fingerprint density at radius 2 is 1.82 bits per heavy atom. The number of nitrogens with zero attached hydrogens (tertiary/aromatic N) is 5. The lowest BCUT2D eigenvalue weighted by molar-refractivity contribution is -0.370. The van der Waals surface area contributed by atoms with Crippen molar-refractivity contribution in [2.45, 2.75) is 50.5 Å². The number of halogens is 8. The van der Waals surface area contributed by atoms with Gasteiger partial charge < -0.3 is 9.64 Å². The molecule has 0 bridgehead atoms. The van der Waals surface area contributed by atoms with Gasteiger partial charge in [-0.3, -0.25) is 4.72 Å². The highest BCUT2D eigenvalue weighted by Crippen LogP contribution is 2.41. The zero-order valence-electron chi connectivity index (χ0n) is 19.1. The van der Waals surface area contributed by atoms with E-state index in [1.807, 2.05) is 11.8 Å². The minimum Gasteiger partial charge on any atom is -0.388 e. The largest absolute Gasteiger partial charge is 0.516 e. The zero-order valence-corrected chi connectivity index (χ0v) is 20.7. The Labute approximate surface area is 212 Å². The van der Waals surface area contributed by atoms with Crippen LogP contribution < -0.4 is 9.62 Å². The van der Waals surface area contributed by atoms with Crippen LogP contribution >= 0.6 is 11.3 Å². The van der Waals surface area contributed by atoms with Crippen LogP contribution in [-0.4, -0.2) is 55.0 Å². The summed E-state index contributed by atoms with van der Waals surface area (Å²) in [5.74, 6) is -2.17. The molecule has 20 heteroatoms. The Hall–Kier alpha value is -3.16. The molecule has 0 saturated heterocycles. The first kappa shape index (κ1) is 29.4. The Balaban J connectivity index is 1.96. The highest BCUT2D eigenvalue weighted by Gasteiger charge is 2.62. The van der Waals surface area contributed by atoms with E-state index in [4.69, 9.17) is 0 Å². The number of aryl methyl sites for hydroxylation is 1. The van der Waals surface area contributed by atoms with E-state index in [9.17, 15) is 48.3 Å². The molecule has 2 aromatic rings. The number of alkyl halides is 8. The van der Waals surface area contributed by atoms with Crippen molar-refractivity contribution in [3.05, 3.63) is 22.7 Å². The van der Waals surface area contributed by atoms with Gasteiger partial charge in [0.2, 0.25) is 5.01 Å². The number of carbonyl (C=O) groups excluding carboxylic acids is 1. The van der Waals surface area contributed by atoms with Gasteiger partial charge in [-0.25, -0.2) is 4.79 Å². The van der Waals surface area contributed by atoms with E-state index >= 15 is 0 Å². The van der Waals surface area contributed by atoms with Gasteiger partial charge in [0.05, 0.1) is 5.69 Å². The van der Waals surface area contributed by atoms with Crippen molar-refractivity contribution in [1.82, 2.24) is 10.2 Å². The molecule has 38 heavy (non-hydrogen) atoms. The number of anilines is 2. The molecule has 0 saturated carbocycles. The average molecular weight is 596 g/mol. The lowest BCUT2D eigenvalue weighted by Gasteiger charge is -2.36. The highest BCUT2D eigenvalue weighted by atomic mass is 32.2. The number of carbonyl (C=O) groups is 1. The molecular weight excluding hydrogens is 580 g/mol. The number of azo groups is 1. The molecule has 1 aromatic heterocycles. The summed E-state index contributed by atoms with van der Waals surface area (Å²) >= 11 is 0.0832. The van der Waals surface area contributed by atoms with Gasteiger partial charge in [0, 0.05) is 18.3 Å². The number of fused-ring (bicyclic) bond motifs is 1. The van der Waals surface area contributed by atoms with E-state index in [1.54, 1.807) is 6.92 Å². The van der Waals surface area contributed by atoms with Crippen molar-refractivity contribution in [2.24, 2.45) is 10.2 Å². The summed E-state index contributed by atoms with van der Waals surface area (Å²) in [5.41, 5.74) is -5.61. The quantitative estimate of drug-likeness (QED) is 0.247. The summed E-state index contributed by atoms with van der Waals surface area (Å²) in [7, 11) is -5.88. The fraction of sp³-hybridized carbons (Fsp3) is 0.500. The molecule has 0 amide bonds. The van der Waals surface area contributed by atoms with E-state index in [0.717, 1.165) is 6.07 Å². The standard InChI is InChI=1S/C18H16F8N6O4S2/c1-3-32-8(2)4-5-9-6-10(11(7-12(9)32)31-38(34,35)18(24,25)26)27-29-15-30-28-13(37-15)14(33)36-17(22,23)16(19,20)21/h6-8,31H,3-5H2,1-2H3. The van der Waals surface area contributed by atoms with E-state index < -0.39 is 55.3 Å². The molecule has 210 valence electrons. The van der Waals surface area contributed by atoms with Crippen LogP contribution in [0.4, 0.5) is 57.3 Å². The van der Waals surface area contributed by atoms with E-state index in [0.29, 0.717) is 30.6 Å². The summed E-state index contributed by atoms with van der Waals surface area (Å²) in [6.45, 7) is 4.13. The maximum Gasteiger partial charge on any atom is 0.516 e. The molecule has 1 N–H and O–H groups in total. The van der Waals surface area contributed by atoms with Crippen molar-refractivity contribution in [1.29, 1.82) is 0 Å². The number of hydrogen-bond acceptors (Lipinski definition) is 10. The third kappa shape index (κ3) is 6.11. The molecule has 0 spiro atoms. The molecular formula is C18H16F8N6O4S2. The third-order valence-corrected chi connectivity index (χ3v) is 7.03. The van der Waals surface area contributed by atoms with Gasteiger partial charge in [-0.2, -0.15) is 43.5 Å². The van der Waals surface area contributed by atoms with Gasteiger partial charge in [0.25, 0.3) is 5.13 Å². The van der Waals surface area contributed by atoms with Crippen LogP contribution in [0.25, 0.3) is 0 Å². The third-order valence-electron chi connectivity index (χ3n) is 5.14. The second kappa shape index (κ2) is 10.2. The highest BCUT2D eigenvalue weighted by molar-refractivity contribution is 7.93. The number of rotatable bonds is 7. The first-order chi connectivity index (χ1) is 17.4. The minimum atomic E-state index is -6.19. The second-order valence-corrected chi connectivity index (χ2v) is 10.3. The number of esters is 1. The van der Waals surface area contributed by atoms with Gasteiger partial charge in [-0.05, 0) is 44.4 Å². The number of sulfonamides is 1. The molecule has 1 unspecified atom stereocenters. The molecule has 3 rings (SSSR count). The number of aromatic nitrogens is 2. The van der Waals surface area contributed by atoms with Crippen LogP contribution in [0.5, 0.6) is 0 Å². The molecule has 1 aliphatic heterocycles. The minimum absolute atomic E-state index is 0.00339. The number of benzene rings is 1. The summed E-state index contributed by atoms with van der Waals surface area (Å²) in [5, 5.41) is 11.9. The van der Waals surface area contributed by atoms with Gasteiger partial charge in [-0.15, -0.1) is 20.4 Å². The smallest absolute Gasteiger partial charge is 0.388 e. The SMILES string of the molecule is CCN1c2cc(NS(=O)(=O)C(F)(F)F)c(N=Nc3nnc(C(=O)OC(F)(F)C(F)(F)F)s3)cc2CCC1C. The summed E-state index contributed by atoms with van der Waals surface area (Å²) in [6.07, 6.45) is -10.9. The zero-order chi connectivity index (χ0) is 28.7. The molecule has 1 aromatic carbocycles. The maximum atomic E-state index is 13.0. The molecule has 2 heterocycles. The van der Waals surface area contributed by atoms with Gasteiger partial charge in [0.15, 0.2) is 0 Å². The first-order valence-electron chi connectivity index (χ1n) is 10.3. The lowest BCUT2D eigenvalue weighted by atomic mass is 9.95.